The Labute approximate surface area is 127 Å². The van der Waals surface area contributed by atoms with E-state index in [2.05, 4.69) is 25.5 Å². The van der Waals surface area contributed by atoms with Gasteiger partial charge in [0.05, 0.1) is 18.1 Å². The first-order chi connectivity index (χ1) is 9.54. The van der Waals surface area contributed by atoms with Crippen molar-refractivity contribution >= 4 is 10.0 Å². The first-order valence-corrected chi connectivity index (χ1v) is 8.34. The fourth-order valence-corrected chi connectivity index (χ4v) is 2.85. The van der Waals surface area contributed by atoms with Crippen LogP contribution < -0.4 is 4.72 Å². The third-order valence-corrected chi connectivity index (χ3v) is 4.90. The monoisotopic (exact) mass is 315 g/mol. The second-order valence-corrected chi connectivity index (χ2v) is 8.49. The van der Waals surface area contributed by atoms with Gasteiger partial charge in [-0.3, -0.25) is 0 Å². The Morgan fingerprint density at radius 3 is 1.86 bits per heavy atom. The van der Waals surface area contributed by atoms with E-state index in [1.807, 2.05) is 0 Å². The van der Waals surface area contributed by atoms with Crippen LogP contribution in [0, 0.1) is 5.41 Å². The number of hydrogen-bond donors (Lipinski definition) is 3. The lowest BCUT2D eigenvalue weighted by atomic mass is 9.87. The fraction of sp³-hybridized carbons (Fsp3) is 0.600. The van der Waals surface area contributed by atoms with Crippen molar-refractivity contribution in [3.05, 3.63) is 29.8 Å². The van der Waals surface area contributed by atoms with E-state index in [4.69, 9.17) is 0 Å². The molecule has 0 aliphatic rings. The molecule has 1 rings (SSSR count). The van der Waals surface area contributed by atoms with Gasteiger partial charge in [0.15, 0.2) is 0 Å². The molecule has 21 heavy (non-hydrogen) atoms. The van der Waals surface area contributed by atoms with E-state index in [0.717, 1.165) is 5.56 Å². The van der Waals surface area contributed by atoms with E-state index >= 15 is 0 Å². The number of hydrogen-bond acceptors (Lipinski definition) is 4. The smallest absolute Gasteiger partial charge is 0.240 e. The molecule has 0 saturated heterocycles. The molecular formula is C15H25NO4S. The predicted molar refractivity (Wildman–Crippen MR) is 82.6 cm³/mol. The molecule has 0 saturated carbocycles. The molecule has 0 fully saturated rings. The zero-order valence-corrected chi connectivity index (χ0v) is 13.9. The maximum Gasteiger partial charge on any atom is 0.240 e. The van der Waals surface area contributed by atoms with Crippen molar-refractivity contribution in [3.8, 4) is 0 Å². The Morgan fingerprint density at radius 2 is 1.48 bits per heavy atom. The number of nitrogens with one attached hydrogen (secondary N) is 1. The number of benzene rings is 1. The zero-order chi connectivity index (χ0) is 16.3. The van der Waals surface area contributed by atoms with E-state index in [9.17, 15) is 18.6 Å². The molecule has 0 aliphatic heterocycles. The quantitative estimate of drug-likeness (QED) is 0.737. The molecule has 0 atom stereocenters. The van der Waals surface area contributed by atoms with Gasteiger partial charge in [0.1, 0.15) is 0 Å². The molecule has 0 aromatic heterocycles. The summed E-state index contributed by atoms with van der Waals surface area (Å²) in [6.45, 7) is 7.17. The molecule has 0 bridgehead atoms. The van der Waals surface area contributed by atoms with Crippen LogP contribution in [0.15, 0.2) is 29.2 Å². The lowest BCUT2D eigenvalue weighted by Crippen LogP contribution is -2.40. The highest BCUT2D eigenvalue weighted by molar-refractivity contribution is 7.89. The van der Waals surface area contributed by atoms with Crippen LogP contribution in [0.4, 0.5) is 0 Å². The van der Waals surface area contributed by atoms with Crippen molar-refractivity contribution in [3.63, 3.8) is 0 Å². The van der Waals surface area contributed by atoms with Crippen LogP contribution in [0.5, 0.6) is 0 Å². The highest BCUT2D eigenvalue weighted by atomic mass is 32.2. The minimum atomic E-state index is -3.65. The maximum atomic E-state index is 12.2. The first-order valence-electron chi connectivity index (χ1n) is 6.86. The molecule has 0 amide bonds. The second-order valence-electron chi connectivity index (χ2n) is 6.73. The summed E-state index contributed by atoms with van der Waals surface area (Å²) in [6, 6.07) is 6.73. The van der Waals surface area contributed by atoms with Crippen LogP contribution in [-0.2, 0) is 15.4 Å². The van der Waals surface area contributed by atoms with E-state index in [0.29, 0.717) is 0 Å². The summed E-state index contributed by atoms with van der Waals surface area (Å²) in [5.74, 6) is 0. The molecule has 0 aliphatic carbocycles. The molecule has 1 aromatic rings. The number of rotatable bonds is 6. The summed E-state index contributed by atoms with van der Waals surface area (Å²) in [6.07, 6.45) is 0. The Balaban J connectivity index is 2.89. The van der Waals surface area contributed by atoms with Crippen LogP contribution in [0.2, 0.25) is 0 Å². The molecule has 0 spiro atoms. The van der Waals surface area contributed by atoms with Crippen LogP contribution in [-0.4, -0.2) is 38.4 Å². The van der Waals surface area contributed by atoms with E-state index in [-0.39, 0.29) is 30.1 Å². The molecule has 120 valence electrons. The van der Waals surface area contributed by atoms with Crippen LogP contribution >= 0.6 is 0 Å². The topological polar surface area (TPSA) is 86.6 Å². The van der Waals surface area contributed by atoms with Crippen molar-refractivity contribution in [1.82, 2.24) is 4.72 Å². The summed E-state index contributed by atoms with van der Waals surface area (Å²) in [5.41, 5.74) is 0.137. The minimum Gasteiger partial charge on any atom is -0.396 e. The third kappa shape index (κ3) is 4.78. The largest absolute Gasteiger partial charge is 0.396 e. The Hall–Kier alpha value is -0.950. The maximum absolute atomic E-state index is 12.2. The molecule has 3 N–H and O–H groups in total. The summed E-state index contributed by atoms with van der Waals surface area (Å²) < 4.78 is 26.8. The summed E-state index contributed by atoms with van der Waals surface area (Å²) >= 11 is 0. The number of sulfonamides is 1. The molecular weight excluding hydrogens is 290 g/mol. The van der Waals surface area contributed by atoms with E-state index < -0.39 is 15.4 Å². The van der Waals surface area contributed by atoms with Gasteiger partial charge in [0.2, 0.25) is 10.0 Å². The molecule has 6 heteroatoms. The standard InChI is InChI=1S/C15H25NO4S/c1-14(2,3)12-5-7-13(8-6-12)21(19,20)16-9-15(4,10-17)11-18/h5-8,16-18H,9-11H2,1-4H3. The lowest BCUT2D eigenvalue weighted by molar-refractivity contribution is 0.0743. The average Bonchev–Trinajstić information content (AvgIpc) is 2.44. The summed E-state index contributed by atoms with van der Waals surface area (Å²) in [5, 5.41) is 18.4. The van der Waals surface area contributed by atoms with Gasteiger partial charge in [0.25, 0.3) is 0 Å². The number of aliphatic hydroxyl groups excluding tert-OH is 2. The van der Waals surface area contributed by atoms with Crippen LogP contribution in [0.1, 0.15) is 33.3 Å². The molecule has 0 heterocycles. The zero-order valence-electron chi connectivity index (χ0n) is 13.0. The van der Waals surface area contributed by atoms with Gasteiger partial charge in [-0.15, -0.1) is 0 Å². The average molecular weight is 315 g/mol. The Morgan fingerprint density at radius 1 is 1.00 bits per heavy atom. The minimum absolute atomic E-state index is 0.0244. The normalized spacial score (nSPS) is 13.4. The van der Waals surface area contributed by atoms with Crippen molar-refractivity contribution in [2.75, 3.05) is 19.8 Å². The van der Waals surface area contributed by atoms with Crippen LogP contribution in [0.3, 0.4) is 0 Å². The Bertz CT molecular complexity index is 554. The molecule has 0 unspecified atom stereocenters. The van der Waals surface area contributed by atoms with Crippen LogP contribution in [0.25, 0.3) is 0 Å². The van der Waals surface area contributed by atoms with Crippen molar-refractivity contribution in [1.29, 1.82) is 0 Å². The van der Waals surface area contributed by atoms with Gasteiger partial charge in [-0.25, -0.2) is 13.1 Å². The highest BCUT2D eigenvalue weighted by Gasteiger charge is 2.26. The molecule has 1 aromatic carbocycles. The van der Waals surface area contributed by atoms with Gasteiger partial charge < -0.3 is 10.2 Å². The van der Waals surface area contributed by atoms with E-state index in [1.165, 1.54) is 0 Å². The van der Waals surface area contributed by atoms with Gasteiger partial charge in [-0.05, 0) is 23.1 Å². The first kappa shape index (κ1) is 18.1. The van der Waals surface area contributed by atoms with E-state index in [1.54, 1.807) is 31.2 Å². The van der Waals surface area contributed by atoms with Gasteiger partial charge in [-0.1, -0.05) is 39.8 Å². The fourth-order valence-electron chi connectivity index (χ4n) is 1.65. The third-order valence-electron chi connectivity index (χ3n) is 3.48. The molecule has 0 radical (unpaired) electrons. The second kappa shape index (κ2) is 6.44. The molecule has 5 nitrogen and oxygen atoms in total. The van der Waals surface area contributed by atoms with Gasteiger partial charge in [0, 0.05) is 12.0 Å². The highest BCUT2D eigenvalue weighted by Crippen LogP contribution is 2.23. The Kier molecular flexibility index (Phi) is 5.55. The van der Waals surface area contributed by atoms with Gasteiger partial charge in [-0.2, -0.15) is 0 Å². The number of aliphatic hydroxyl groups is 2. The summed E-state index contributed by atoms with van der Waals surface area (Å²) in [7, 11) is -3.65. The SMILES string of the molecule is CC(CO)(CO)CNS(=O)(=O)c1ccc(C(C)(C)C)cc1. The van der Waals surface area contributed by atoms with Crippen molar-refractivity contribution in [2.45, 2.75) is 38.0 Å². The lowest BCUT2D eigenvalue weighted by Gasteiger charge is -2.24. The predicted octanol–water partition coefficient (Wildman–Crippen LogP) is 1.25. The summed E-state index contributed by atoms with van der Waals surface area (Å²) in [4.78, 5) is 0.175. The van der Waals surface area contributed by atoms with Gasteiger partial charge >= 0.3 is 0 Å². The van der Waals surface area contributed by atoms with Crippen molar-refractivity contribution in [2.24, 2.45) is 5.41 Å². The van der Waals surface area contributed by atoms with Crippen molar-refractivity contribution < 1.29 is 18.6 Å².